The molecule has 0 heterocycles. The van der Waals surface area contributed by atoms with Crippen LogP contribution in [-0.2, 0) is 32.6 Å². The van der Waals surface area contributed by atoms with Gasteiger partial charge >= 0.3 is 0 Å². The number of hydrogen-bond acceptors (Lipinski definition) is 4. The molecule has 1 atom stereocenters. The van der Waals surface area contributed by atoms with E-state index in [0.29, 0.717) is 0 Å². The summed E-state index contributed by atoms with van der Waals surface area (Å²) >= 11 is 16.1. The van der Waals surface area contributed by atoms with Gasteiger partial charge in [0.1, 0.15) is 12.6 Å². The summed E-state index contributed by atoms with van der Waals surface area (Å²) < 4.78 is 27.7. The normalized spacial score (nSPS) is 14.4. The van der Waals surface area contributed by atoms with Crippen molar-refractivity contribution >= 4 is 66.7 Å². The zero-order chi connectivity index (χ0) is 29.6. The fourth-order valence-corrected chi connectivity index (χ4v) is 6.78. The van der Waals surface area contributed by atoms with Crippen molar-refractivity contribution in [1.82, 2.24) is 10.2 Å². The molecule has 1 aliphatic rings. The van der Waals surface area contributed by atoms with E-state index < -0.39 is 28.5 Å². The van der Waals surface area contributed by atoms with Crippen molar-refractivity contribution in [2.24, 2.45) is 0 Å². The van der Waals surface area contributed by atoms with Crippen molar-refractivity contribution in [3.8, 4) is 0 Å². The van der Waals surface area contributed by atoms with Crippen LogP contribution < -0.4 is 9.62 Å². The minimum atomic E-state index is -3.95. The molecule has 1 unspecified atom stereocenters. The third-order valence-electron chi connectivity index (χ3n) is 7.09. The quantitative estimate of drug-likeness (QED) is 0.261. The molecule has 41 heavy (non-hydrogen) atoms. The Labute approximate surface area is 260 Å². The number of nitrogens with one attached hydrogen (secondary N) is 1. The van der Waals surface area contributed by atoms with E-state index >= 15 is 0 Å². The predicted molar refractivity (Wildman–Crippen MR) is 168 cm³/mol. The molecule has 1 aliphatic carbocycles. The van der Waals surface area contributed by atoms with E-state index in [-0.39, 0.29) is 40.6 Å². The second kappa shape index (κ2) is 14.1. The number of nitrogens with zero attached hydrogens (tertiary/aromatic N) is 2. The van der Waals surface area contributed by atoms with Gasteiger partial charge in [0, 0.05) is 23.5 Å². The summed E-state index contributed by atoms with van der Waals surface area (Å²) in [6, 6.07) is 20.7. The fraction of sp³-hybridized carbons (Fsp3) is 0.333. The third-order valence-corrected chi connectivity index (χ3v) is 9.52. The summed E-state index contributed by atoms with van der Waals surface area (Å²) in [5, 5.41) is 3.33. The topological polar surface area (TPSA) is 86.8 Å². The van der Waals surface area contributed by atoms with Gasteiger partial charge in [0.25, 0.3) is 0 Å². The van der Waals surface area contributed by atoms with E-state index in [9.17, 15) is 18.0 Å². The second-order valence-electron chi connectivity index (χ2n) is 10.2. The van der Waals surface area contributed by atoms with Gasteiger partial charge in [-0.3, -0.25) is 13.9 Å². The first-order chi connectivity index (χ1) is 19.5. The molecule has 0 bridgehead atoms. The second-order valence-corrected chi connectivity index (χ2v) is 13.8. The lowest BCUT2D eigenvalue weighted by Crippen LogP contribution is -2.54. The highest BCUT2D eigenvalue weighted by molar-refractivity contribution is 9.10. The number of benzene rings is 3. The van der Waals surface area contributed by atoms with Gasteiger partial charge in [0.05, 0.1) is 22.0 Å². The summed E-state index contributed by atoms with van der Waals surface area (Å²) in [6.45, 7) is -0.469. The van der Waals surface area contributed by atoms with Crippen molar-refractivity contribution in [1.29, 1.82) is 0 Å². The monoisotopic (exact) mass is 679 g/mol. The Hall–Kier alpha value is -2.59. The highest BCUT2D eigenvalue weighted by Gasteiger charge is 2.34. The van der Waals surface area contributed by atoms with Crippen LogP contribution in [0.2, 0.25) is 10.0 Å². The van der Waals surface area contributed by atoms with Crippen molar-refractivity contribution < 1.29 is 18.0 Å². The molecule has 0 aliphatic heterocycles. The van der Waals surface area contributed by atoms with E-state index in [1.54, 1.807) is 12.1 Å². The van der Waals surface area contributed by atoms with Gasteiger partial charge in [-0.15, -0.1) is 0 Å². The lowest BCUT2D eigenvalue weighted by Gasteiger charge is -2.34. The molecule has 4 rings (SSSR count). The summed E-state index contributed by atoms with van der Waals surface area (Å²) in [4.78, 5) is 29.5. The zero-order valence-electron chi connectivity index (χ0n) is 22.6. The van der Waals surface area contributed by atoms with Crippen LogP contribution in [0, 0.1) is 0 Å². The number of rotatable bonds is 11. The Kier molecular flexibility index (Phi) is 10.7. The Balaban J connectivity index is 1.74. The van der Waals surface area contributed by atoms with Crippen molar-refractivity contribution in [3.63, 3.8) is 0 Å². The maximum Gasteiger partial charge on any atom is 0.244 e. The number of carbonyl (C=O) groups excluding carboxylic acids is 2. The van der Waals surface area contributed by atoms with Crippen LogP contribution in [0.15, 0.2) is 77.3 Å². The van der Waals surface area contributed by atoms with E-state index in [0.717, 1.165) is 51.8 Å². The minimum absolute atomic E-state index is 0.0192. The first-order valence-electron chi connectivity index (χ1n) is 13.3. The third kappa shape index (κ3) is 8.47. The largest absolute Gasteiger partial charge is 0.352 e. The molecule has 1 saturated carbocycles. The van der Waals surface area contributed by atoms with Crippen LogP contribution in [0.1, 0.15) is 36.8 Å². The molecule has 0 radical (unpaired) electrons. The average Bonchev–Trinajstić information content (AvgIpc) is 3.44. The van der Waals surface area contributed by atoms with Gasteiger partial charge in [0.15, 0.2) is 0 Å². The van der Waals surface area contributed by atoms with Crippen LogP contribution in [-0.4, -0.2) is 50.0 Å². The highest BCUT2D eigenvalue weighted by Crippen LogP contribution is 2.34. The summed E-state index contributed by atoms with van der Waals surface area (Å²) in [6.07, 6.45) is 5.12. The molecule has 0 aromatic heterocycles. The lowest BCUT2D eigenvalue weighted by molar-refractivity contribution is -0.140. The van der Waals surface area contributed by atoms with Crippen LogP contribution in [0.25, 0.3) is 0 Å². The standard InChI is InChI=1S/C30H32BrCl2N3O4S/c1-41(39,40)36(26-16-8-15-25(32)29(26)33)20-28(37)35(19-22-11-7-12-23(31)17-22)27(18-21-9-3-2-4-10-21)30(38)34-24-13-5-6-14-24/h2-4,7-12,15-17,24,27H,5-6,13-14,18-20H2,1H3,(H,34,38). The molecule has 2 amide bonds. The van der Waals surface area contributed by atoms with Gasteiger partial charge < -0.3 is 10.2 Å². The Morgan fingerprint density at radius 1 is 0.976 bits per heavy atom. The Morgan fingerprint density at radius 3 is 2.29 bits per heavy atom. The molecule has 0 spiro atoms. The first kappa shape index (κ1) is 31.3. The number of anilines is 1. The predicted octanol–water partition coefficient (Wildman–Crippen LogP) is 6.22. The molecular weight excluding hydrogens is 649 g/mol. The van der Waals surface area contributed by atoms with E-state index in [4.69, 9.17) is 23.2 Å². The summed E-state index contributed by atoms with van der Waals surface area (Å²) in [5.41, 5.74) is 1.75. The van der Waals surface area contributed by atoms with Gasteiger partial charge in [-0.05, 0) is 48.2 Å². The summed E-state index contributed by atoms with van der Waals surface area (Å²) in [7, 11) is -3.95. The van der Waals surface area contributed by atoms with Crippen LogP contribution in [0.5, 0.6) is 0 Å². The number of sulfonamides is 1. The van der Waals surface area contributed by atoms with Crippen LogP contribution in [0.4, 0.5) is 5.69 Å². The van der Waals surface area contributed by atoms with Crippen molar-refractivity contribution in [3.05, 3.63) is 98.4 Å². The number of hydrogen-bond donors (Lipinski definition) is 1. The molecule has 1 fully saturated rings. The molecule has 3 aromatic rings. The molecule has 7 nitrogen and oxygen atoms in total. The smallest absolute Gasteiger partial charge is 0.244 e. The summed E-state index contributed by atoms with van der Waals surface area (Å²) in [5.74, 6) is -0.815. The van der Waals surface area contributed by atoms with E-state index in [1.807, 2.05) is 54.6 Å². The number of amides is 2. The molecule has 11 heteroatoms. The van der Waals surface area contributed by atoms with Crippen LogP contribution >= 0.6 is 39.1 Å². The SMILES string of the molecule is CS(=O)(=O)N(CC(=O)N(Cc1cccc(Br)c1)C(Cc1ccccc1)C(=O)NC1CCCC1)c1cccc(Cl)c1Cl. The van der Waals surface area contributed by atoms with Gasteiger partial charge in [-0.25, -0.2) is 8.42 Å². The minimum Gasteiger partial charge on any atom is -0.352 e. The van der Waals surface area contributed by atoms with Crippen molar-refractivity contribution in [2.75, 3.05) is 17.1 Å². The molecular formula is C30H32BrCl2N3O4S. The fourth-order valence-electron chi connectivity index (χ4n) is 5.03. The van der Waals surface area contributed by atoms with E-state index in [2.05, 4.69) is 21.2 Å². The van der Waals surface area contributed by atoms with Crippen molar-refractivity contribution in [2.45, 2.75) is 50.7 Å². The van der Waals surface area contributed by atoms with Gasteiger partial charge in [0.2, 0.25) is 21.8 Å². The maximum atomic E-state index is 14.2. The molecule has 218 valence electrons. The number of carbonyl (C=O) groups is 2. The number of halogens is 3. The average molecular weight is 681 g/mol. The lowest BCUT2D eigenvalue weighted by atomic mass is 10.0. The molecule has 1 N–H and O–H groups in total. The Bertz CT molecular complexity index is 1480. The zero-order valence-corrected chi connectivity index (χ0v) is 26.5. The van der Waals surface area contributed by atoms with Gasteiger partial charge in [-0.1, -0.05) is 101 Å². The molecule has 0 saturated heterocycles. The maximum absolute atomic E-state index is 14.2. The Morgan fingerprint density at radius 2 is 1.63 bits per heavy atom. The van der Waals surface area contributed by atoms with E-state index in [1.165, 1.54) is 11.0 Å². The van der Waals surface area contributed by atoms with Gasteiger partial charge in [-0.2, -0.15) is 0 Å². The van der Waals surface area contributed by atoms with Crippen LogP contribution in [0.3, 0.4) is 0 Å². The highest BCUT2D eigenvalue weighted by atomic mass is 79.9. The molecule has 3 aromatic carbocycles. The first-order valence-corrected chi connectivity index (χ1v) is 16.7.